The molecule has 1 aromatic heterocycles. The number of hydrogen-bond donors (Lipinski definition) is 3. The van der Waals surface area contributed by atoms with Gasteiger partial charge < -0.3 is 20.9 Å². The predicted octanol–water partition coefficient (Wildman–Crippen LogP) is 1.00. The molecule has 2 heterocycles. The molecule has 20 heavy (non-hydrogen) atoms. The fourth-order valence-electron chi connectivity index (χ4n) is 2.82. The molecule has 1 saturated heterocycles. The first-order valence-corrected chi connectivity index (χ1v) is 6.83. The third-order valence-electron chi connectivity index (χ3n) is 3.92. The second-order valence-electron chi connectivity index (χ2n) is 5.46. The number of aliphatic hydroxyl groups is 1. The number of aryl methyl sites for hydroxylation is 2. The van der Waals surface area contributed by atoms with Gasteiger partial charge in [0.15, 0.2) is 5.84 Å². The summed E-state index contributed by atoms with van der Waals surface area (Å²) in [6.07, 6.45) is 0.615. The van der Waals surface area contributed by atoms with Gasteiger partial charge in [-0.05, 0) is 33.3 Å². The second-order valence-corrected chi connectivity index (χ2v) is 5.46. The van der Waals surface area contributed by atoms with Gasteiger partial charge >= 0.3 is 0 Å². The van der Waals surface area contributed by atoms with E-state index in [0.29, 0.717) is 5.56 Å². The molecule has 0 amide bonds. The quantitative estimate of drug-likeness (QED) is 0.332. The van der Waals surface area contributed by atoms with Crippen molar-refractivity contribution in [1.29, 1.82) is 0 Å². The highest BCUT2D eigenvalue weighted by Crippen LogP contribution is 2.30. The standard InChI is InChI=1S/C14H22N4O2/c1-8-6-12(13(9(2)16-8)14(15)17-20)18-5-4-11(7-18)10(3)19/h6,10-11,19-20H,4-5,7H2,1-3H3,(H2,15,17). The third-order valence-corrected chi connectivity index (χ3v) is 3.92. The van der Waals surface area contributed by atoms with Crippen LogP contribution in [0.3, 0.4) is 0 Å². The van der Waals surface area contributed by atoms with Crippen molar-refractivity contribution in [3.63, 3.8) is 0 Å². The summed E-state index contributed by atoms with van der Waals surface area (Å²) in [5.74, 6) is 0.328. The summed E-state index contributed by atoms with van der Waals surface area (Å²) in [6, 6.07) is 1.95. The Balaban J connectivity index is 2.41. The Bertz CT molecular complexity index is 528. The number of nitrogens with zero attached hydrogens (tertiary/aromatic N) is 3. The Labute approximate surface area is 118 Å². The molecule has 0 bridgehead atoms. The molecule has 4 N–H and O–H groups in total. The van der Waals surface area contributed by atoms with Gasteiger partial charge in [0.2, 0.25) is 0 Å². The largest absolute Gasteiger partial charge is 0.409 e. The first-order valence-electron chi connectivity index (χ1n) is 6.83. The zero-order valence-electron chi connectivity index (χ0n) is 12.2. The molecule has 1 fully saturated rings. The van der Waals surface area contributed by atoms with Gasteiger partial charge in [-0.1, -0.05) is 5.16 Å². The molecular weight excluding hydrogens is 256 g/mol. The number of aromatic nitrogens is 1. The van der Waals surface area contributed by atoms with Gasteiger partial charge in [-0.25, -0.2) is 0 Å². The Kier molecular flexibility index (Phi) is 4.13. The molecule has 6 heteroatoms. The molecule has 1 aliphatic heterocycles. The fraction of sp³-hybridized carbons (Fsp3) is 0.571. The van der Waals surface area contributed by atoms with Crippen molar-refractivity contribution >= 4 is 11.5 Å². The average Bonchev–Trinajstić information content (AvgIpc) is 2.86. The maximum absolute atomic E-state index is 9.72. The number of anilines is 1. The number of aliphatic hydroxyl groups excluding tert-OH is 1. The van der Waals surface area contributed by atoms with E-state index in [1.807, 2.05) is 26.8 Å². The first kappa shape index (κ1) is 14.6. The van der Waals surface area contributed by atoms with Crippen LogP contribution in [0.25, 0.3) is 0 Å². The Morgan fingerprint density at radius 1 is 1.55 bits per heavy atom. The molecule has 1 aromatic rings. The molecular formula is C14H22N4O2. The zero-order chi connectivity index (χ0) is 14.9. The maximum Gasteiger partial charge on any atom is 0.174 e. The van der Waals surface area contributed by atoms with Crippen molar-refractivity contribution in [2.24, 2.45) is 16.8 Å². The number of rotatable bonds is 3. The van der Waals surface area contributed by atoms with Crippen molar-refractivity contribution < 1.29 is 10.3 Å². The molecule has 0 aromatic carbocycles. The summed E-state index contributed by atoms with van der Waals surface area (Å²) < 4.78 is 0. The minimum atomic E-state index is -0.323. The van der Waals surface area contributed by atoms with Crippen molar-refractivity contribution in [2.45, 2.75) is 33.3 Å². The van der Waals surface area contributed by atoms with E-state index in [0.717, 1.165) is 36.6 Å². The highest BCUT2D eigenvalue weighted by molar-refractivity contribution is 6.03. The van der Waals surface area contributed by atoms with Crippen LogP contribution in [-0.4, -0.2) is 40.3 Å². The fourth-order valence-corrected chi connectivity index (χ4v) is 2.82. The lowest BCUT2D eigenvalue weighted by molar-refractivity contribution is 0.136. The van der Waals surface area contributed by atoms with Crippen LogP contribution in [0.2, 0.25) is 0 Å². The molecule has 0 radical (unpaired) electrons. The topological polar surface area (TPSA) is 95.0 Å². The van der Waals surface area contributed by atoms with Crippen LogP contribution >= 0.6 is 0 Å². The Hall–Kier alpha value is -1.82. The van der Waals surface area contributed by atoms with Crippen molar-refractivity contribution in [2.75, 3.05) is 18.0 Å². The summed E-state index contributed by atoms with van der Waals surface area (Å²) in [4.78, 5) is 6.55. The maximum atomic E-state index is 9.72. The lowest BCUT2D eigenvalue weighted by atomic mass is 10.0. The van der Waals surface area contributed by atoms with Crippen molar-refractivity contribution in [3.8, 4) is 0 Å². The number of amidine groups is 1. The van der Waals surface area contributed by atoms with E-state index in [1.54, 1.807) is 0 Å². The number of oxime groups is 1. The van der Waals surface area contributed by atoms with Gasteiger partial charge in [-0.15, -0.1) is 0 Å². The lowest BCUT2D eigenvalue weighted by Gasteiger charge is -2.23. The summed E-state index contributed by atoms with van der Waals surface area (Å²) in [5, 5.41) is 21.8. The highest BCUT2D eigenvalue weighted by atomic mass is 16.4. The van der Waals surface area contributed by atoms with E-state index < -0.39 is 0 Å². The minimum absolute atomic E-state index is 0.0745. The monoisotopic (exact) mass is 278 g/mol. The first-order chi connectivity index (χ1) is 9.43. The molecule has 6 nitrogen and oxygen atoms in total. The van der Waals surface area contributed by atoms with Crippen LogP contribution in [-0.2, 0) is 0 Å². The lowest BCUT2D eigenvalue weighted by Crippen LogP contribution is -2.28. The highest BCUT2D eigenvalue weighted by Gasteiger charge is 2.28. The van der Waals surface area contributed by atoms with Crippen LogP contribution in [0, 0.1) is 19.8 Å². The molecule has 0 aliphatic carbocycles. The molecule has 0 spiro atoms. The van der Waals surface area contributed by atoms with Crippen LogP contribution < -0.4 is 10.6 Å². The van der Waals surface area contributed by atoms with Crippen LogP contribution in [0.4, 0.5) is 5.69 Å². The number of hydrogen-bond acceptors (Lipinski definition) is 5. The van der Waals surface area contributed by atoms with Crippen molar-refractivity contribution in [3.05, 3.63) is 23.0 Å². The van der Waals surface area contributed by atoms with Crippen molar-refractivity contribution in [1.82, 2.24) is 4.98 Å². The van der Waals surface area contributed by atoms with Crippen LogP contribution in [0.15, 0.2) is 11.2 Å². The van der Waals surface area contributed by atoms with Gasteiger partial charge in [0.25, 0.3) is 0 Å². The van der Waals surface area contributed by atoms with E-state index in [4.69, 9.17) is 10.9 Å². The van der Waals surface area contributed by atoms with E-state index in [-0.39, 0.29) is 17.9 Å². The van der Waals surface area contributed by atoms with E-state index in [1.165, 1.54) is 0 Å². The molecule has 2 unspecified atom stereocenters. The van der Waals surface area contributed by atoms with Crippen LogP contribution in [0.5, 0.6) is 0 Å². The summed E-state index contributed by atoms with van der Waals surface area (Å²) in [6.45, 7) is 7.22. The third kappa shape index (κ3) is 2.70. The smallest absolute Gasteiger partial charge is 0.174 e. The van der Waals surface area contributed by atoms with Gasteiger partial charge in [-0.3, -0.25) is 4.98 Å². The van der Waals surface area contributed by atoms with Crippen LogP contribution in [0.1, 0.15) is 30.3 Å². The Morgan fingerprint density at radius 3 is 2.80 bits per heavy atom. The minimum Gasteiger partial charge on any atom is -0.409 e. The molecule has 110 valence electrons. The normalized spacial score (nSPS) is 21.3. The van der Waals surface area contributed by atoms with E-state index in [9.17, 15) is 5.11 Å². The van der Waals surface area contributed by atoms with E-state index >= 15 is 0 Å². The van der Waals surface area contributed by atoms with E-state index in [2.05, 4.69) is 15.0 Å². The summed E-state index contributed by atoms with van der Waals surface area (Å²) in [7, 11) is 0. The number of nitrogens with two attached hydrogens (primary N) is 1. The summed E-state index contributed by atoms with van der Waals surface area (Å²) in [5.41, 5.74) is 9.03. The second kappa shape index (κ2) is 5.66. The Morgan fingerprint density at radius 2 is 2.25 bits per heavy atom. The van der Waals surface area contributed by atoms with Gasteiger partial charge in [-0.2, -0.15) is 0 Å². The van der Waals surface area contributed by atoms with Gasteiger partial charge in [0.05, 0.1) is 23.0 Å². The SMILES string of the molecule is Cc1cc(N2CCC(C(C)O)C2)c(/C(N)=N/O)c(C)n1. The van der Waals surface area contributed by atoms with Gasteiger partial charge in [0.1, 0.15) is 0 Å². The molecule has 0 saturated carbocycles. The molecule has 2 rings (SSSR count). The zero-order valence-corrected chi connectivity index (χ0v) is 12.2. The van der Waals surface area contributed by atoms with Gasteiger partial charge in [0, 0.05) is 24.7 Å². The summed E-state index contributed by atoms with van der Waals surface area (Å²) >= 11 is 0. The molecule has 2 atom stereocenters. The number of pyridine rings is 1. The molecule has 1 aliphatic rings. The average molecular weight is 278 g/mol. The predicted molar refractivity (Wildman–Crippen MR) is 78.2 cm³/mol.